The molecule has 6 nitrogen and oxygen atoms in total. The first-order valence-corrected chi connectivity index (χ1v) is 9.42. The van der Waals surface area contributed by atoms with Crippen molar-refractivity contribution in [2.24, 2.45) is 0 Å². The molecular weight excluding hydrogens is 436 g/mol. The molecule has 0 radical (unpaired) electrons. The van der Waals surface area contributed by atoms with E-state index in [1.54, 1.807) is 49.6 Å². The van der Waals surface area contributed by atoms with Crippen LogP contribution < -0.4 is 15.4 Å². The van der Waals surface area contributed by atoms with E-state index in [4.69, 9.17) is 21.1 Å². The van der Waals surface area contributed by atoms with E-state index in [9.17, 15) is 9.59 Å². The number of hydrogen-bond donors (Lipinski definition) is 2. The standard InChI is InChI=1S/C19H20BrClN2O4/c1-26-10-4-9-22-19(25)14-5-2-3-6-16(14)23-18(24)12-27-17-8-7-13(20)11-15(17)21/h2-3,5-8,11H,4,9-10,12H2,1H3,(H,22,25)(H,23,24). The fourth-order valence-electron chi connectivity index (χ4n) is 2.23. The van der Waals surface area contributed by atoms with Gasteiger partial charge < -0.3 is 20.1 Å². The van der Waals surface area contributed by atoms with Gasteiger partial charge in [-0.3, -0.25) is 9.59 Å². The number of anilines is 1. The molecule has 144 valence electrons. The predicted octanol–water partition coefficient (Wildman–Crippen LogP) is 3.89. The number of amides is 2. The lowest BCUT2D eigenvalue weighted by Crippen LogP contribution is -2.27. The summed E-state index contributed by atoms with van der Waals surface area (Å²) in [6.07, 6.45) is 0.707. The van der Waals surface area contributed by atoms with Crippen molar-refractivity contribution in [2.75, 3.05) is 32.2 Å². The van der Waals surface area contributed by atoms with Crippen LogP contribution in [0.1, 0.15) is 16.8 Å². The van der Waals surface area contributed by atoms with Gasteiger partial charge in [0.15, 0.2) is 6.61 Å². The monoisotopic (exact) mass is 454 g/mol. The molecule has 0 unspecified atom stereocenters. The highest BCUT2D eigenvalue weighted by molar-refractivity contribution is 9.10. The van der Waals surface area contributed by atoms with Gasteiger partial charge in [0.2, 0.25) is 0 Å². The number of halogens is 2. The SMILES string of the molecule is COCCCNC(=O)c1ccccc1NC(=O)COc1ccc(Br)cc1Cl. The van der Waals surface area contributed by atoms with Gasteiger partial charge in [-0.1, -0.05) is 39.7 Å². The molecule has 0 aliphatic heterocycles. The van der Waals surface area contributed by atoms with Gasteiger partial charge in [-0.25, -0.2) is 0 Å². The van der Waals surface area contributed by atoms with Crippen molar-refractivity contribution in [3.05, 3.63) is 57.5 Å². The lowest BCUT2D eigenvalue weighted by Gasteiger charge is -2.12. The van der Waals surface area contributed by atoms with Crippen LogP contribution in [0.3, 0.4) is 0 Å². The van der Waals surface area contributed by atoms with Gasteiger partial charge in [0.05, 0.1) is 16.3 Å². The zero-order chi connectivity index (χ0) is 19.6. The van der Waals surface area contributed by atoms with E-state index in [0.29, 0.717) is 41.6 Å². The van der Waals surface area contributed by atoms with Crippen LogP contribution in [-0.2, 0) is 9.53 Å². The molecule has 8 heteroatoms. The third kappa shape index (κ3) is 6.86. The molecule has 2 aromatic rings. The smallest absolute Gasteiger partial charge is 0.262 e. The van der Waals surface area contributed by atoms with Crippen LogP contribution in [0.15, 0.2) is 46.9 Å². The Morgan fingerprint density at radius 1 is 1.19 bits per heavy atom. The number of methoxy groups -OCH3 is 1. The fourth-order valence-corrected chi connectivity index (χ4v) is 2.95. The van der Waals surface area contributed by atoms with Gasteiger partial charge in [-0.05, 0) is 36.8 Å². The van der Waals surface area contributed by atoms with E-state index in [1.165, 1.54) is 0 Å². The van der Waals surface area contributed by atoms with Crippen LogP contribution in [0.5, 0.6) is 5.75 Å². The van der Waals surface area contributed by atoms with Crippen molar-refractivity contribution in [1.29, 1.82) is 0 Å². The van der Waals surface area contributed by atoms with Crippen molar-refractivity contribution in [1.82, 2.24) is 5.32 Å². The van der Waals surface area contributed by atoms with Crippen LogP contribution in [0.4, 0.5) is 5.69 Å². The van der Waals surface area contributed by atoms with Crippen LogP contribution in [0.25, 0.3) is 0 Å². The van der Waals surface area contributed by atoms with E-state index in [1.807, 2.05) is 0 Å². The summed E-state index contributed by atoms with van der Waals surface area (Å²) in [4.78, 5) is 24.5. The molecular formula is C19H20BrClN2O4. The molecule has 0 bridgehead atoms. The summed E-state index contributed by atoms with van der Waals surface area (Å²) in [5.74, 6) is -0.258. The number of carbonyl (C=O) groups is 2. The summed E-state index contributed by atoms with van der Waals surface area (Å²) in [5.41, 5.74) is 0.794. The summed E-state index contributed by atoms with van der Waals surface area (Å²) < 4.78 is 11.2. The lowest BCUT2D eigenvalue weighted by atomic mass is 10.1. The van der Waals surface area contributed by atoms with Gasteiger partial charge in [0.25, 0.3) is 11.8 Å². The number of benzene rings is 2. The third-order valence-corrected chi connectivity index (χ3v) is 4.30. The maximum atomic E-state index is 12.3. The molecule has 2 rings (SSSR count). The molecule has 0 atom stereocenters. The summed E-state index contributed by atoms with van der Waals surface area (Å²) in [5, 5.41) is 5.88. The second-order valence-corrected chi connectivity index (χ2v) is 6.88. The molecule has 0 aromatic heterocycles. The summed E-state index contributed by atoms with van der Waals surface area (Å²) >= 11 is 9.37. The molecule has 2 amide bonds. The van der Waals surface area contributed by atoms with E-state index in [0.717, 1.165) is 4.47 Å². The number of nitrogens with one attached hydrogen (secondary N) is 2. The number of rotatable bonds is 9. The molecule has 0 aliphatic carbocycles. The second-order valence-electron chi connectivity index (χ2n) is 5.56. The number of para-hydroxylation sites is 1. The maximum absolute atomic E-state index is 12.3. The Hall–Kier alpha value is -2.09. The zero-order valence-electron chi connectivity index (χ0n) is 14.8. The van der Waals surface area contributed by atoms with Crippen LogP contribution >= 0.6 is 27.5 Å². The van der Waals surface area contributed by atoms with Crippen LogP contribution in [0.2, 0.25) is 5.02 Å². The van der Waals surface area contributed by atoms with E-state index < -0.39 is 5.91 Å². The number of ether oxygens (including phenoxy) is 2. The Morgan fingerprint density at radius 3 is 2.70 bits per heavy atom. The van der Waals surface area contributed by atoms with Crippen molar-refractivity contribution in [2.45, 2.75) is 6.42 Å². The first-order chi connectivity index (χ1) is 13.0. The minimum Gasteiger partial charge on any atom is -0.482 e. The molecule has 0 aliphatic rings. The zero-order valence-corrected chi connectivity index (χ0v) is 17.1. The van der Waals surface area contributed by atoms with Crippen molar-refractivity contribution < 1.29 is 19.1 Å². The van der Waals surface area contributed by atoms with Gasteiger partial charge in [-0.2, -0.15) is 0 Å². The van der Waals surface area contributed by atoms with Crippen LogP contribution in [0, 0.1) is 0 Å². The minimum atomic E-state index is -0.395. The first kappa shape index (κ1) is 21.2. The van der Waals surface area contributed by atoms with Crippen LogP contribution in [-0.4, -0.2) is 38.7 Å². The molecule has 0 fully saturated rings. The molecule has 0 heterocycles. The third-order valence-electron chi connectivity index (χ3n) is 3.51. The highest BCUT2D eigenvalue weighted by Gasteiger charge is 2.13. The van der Waals surface area contributed by atoms with Gasteiger partial charge >= 0.3 is 0 Å². The summed E-state index contributed by atoms with van der Waals surface area (Å²) in [7, 11) is 1.61. The lowest BCUT2D eigenvalue weighted by molar-refractivity contribution is -0.118. The highest BCUT2D eigenvalue weighted by atomic mass is 79.9. The Kier molecular flexibility index (Phi) is 8.57. The number of carbonyl (C=O) groups excluding carboxylic acids is 2. The normalized spacial score (nSPS) is 10.3. The average Bonchev–Trinajstić information content (AvgIpc) is 2.65. The van der Waals surface area contributed by atoms with Crippen molar-refractivity contribution >= 4 is 45.0 Å². The van der Waals surface area contributed by atoms with Gasteiger partial charge in [0, 0.05) is 24.7 Å². The number of hydrogen-bond acceptors (Lipinski definition) is 4. The molecule has 2 aromatic carbocycles. The Bertz CT molecular complexity index is 801. The average molecular weight is 456 g/mol. The summed E-state index contributed by atoms with van der Waals surface area (Å²) in [6, 6.07) is 11.9. The Balaban J connectivity index is 1.94. The highest BCUT2D eigenvalue weighted by Crippen LogP contribution is 2.27. The Labute approximate surface area is 171 Å². The van der Waals surface area contributed by atoms with Crippen molar-refractivity contribution in [3.63, 3.8) is 0 Å². The molecule has 0 saturated carbocycles. The first-order valence-electron chi connectivity index (χ1n) is 8.25. The maximum Gasteiger partial charge on any atom is 0.262 e. The Morgan fingerprint density at radius 2 is 1.96 bits per heavy atom. The minimum absolute atomic E-state index is 0.231. The van der Waals surface area contributed by atoms with E-state index in [-0.39, 0.29) is 12.5 Å². The fraction of sp³-hybridized carbons (Fsp3) is 0.263. The molecule has 2 N–H and O–H groups in total. The van der Waals surface area contributed by atoms with E-state index >= 15 is 0 Å². The largest absolute Gasteiger partial charge is 0.482 e. The van der Waals surface area contributed by atoms with Gasteiger partial charge in [-0.15, -0.1) is 0 Å². The molecule has 0 saturated heterocycles. The topological polar surface area (TPSA) is 76.7 Å². The van der Waals surface area contributed by atoms with Gasteiger partial charge in [0.1, 0.15) is 5.75 Å². The second kappa shape index (κ2) is 10.9. The van der Waals surface area contributed by atoms with E-state index in [2.05, 4.69) is 26.6 Å². The quantitative estimate of drug-likeness (QED) is 0.563. The summed E-state index contributed by atoms with van der Waals surface area (Å²) in [6.45, 7) is 0.819. The molecule has 27 heavy (non-hydrogen) atoms. The van der Waals surface area contributed by atoms with Crippen molar-refractivity contribution in [3.8, 4) is 5.75 Å². The molecule has 0 spiro atoms. The predicted molar refractivity (Wildman–Crippen MR) is 109 cm³/mol.